The number of carbonyl (C=O) groups excluding carboxylic acids is 1. The maximum absolute atomic E-state index is 12.2. The van der Waals surface area contributed by atoms with Crippen LogP contribution in [-0.4, -0.2) is 39.9 Å². The van der Waals surface area contributed by atoms with Crippen LogP contribution >= 0.6 is 23.4 Å². The molecule has 1 amide bonds. The number of thioether (sulfide) groups is 1. The summed E-state index contributed by atoms with van der Waals surface area (Å²) in [4.78, 5) is 12.2. The Morgan fingerprint density at radius 1 is 1.41 bits per heavy atom. The van der Waals surface area contributed by atoms with Crippen molar-refractivity contribution in [1.82, 2.24) is 14.9 Å². The first-order valence-corrected chi connectivity index (χ1v) is 9.65. The number of hydrogen-bond donors (Lipinski definition) is 3. The first-order valence-electron chi connectivity index (χ1n) is 8.28. The number of aryl methyl sites for hydroxylation is 1. The summed E-state index contributed by atoms with van der Waals surface area (Å²) in [6, 6.07) is 8.55. The van der Waals surface area contributed by atoms with Gasteiger partial charge in [0.25, 0.3) is 5.95 Å². The molecule has 0 aliphatic rings. The molecule has 2 aromatic heterocycles. The minimum atomic E-state index is -0.278. The number of benzene rings is 1. The number of aromatic nitrogens is 3. The third-order valence-corrected chi connectivity index (χ3v) is 4.73. The van der Waals surface area contributed by atoms with Crippen molar-refractivity contribution in [2.75, 3.05) is 29.4 Å². The van der Waals surface area contributed by atoms with Gasteiger partial charge in [0.05, 0.1) is 24.8 Å². The Morgan fingerprint density at radius 3 is 2.97 bits per heavy atom. The van der Waals surface area contributed by atoms with Crippen LogP contribution in [0.4, 0.5) is 11.6 Å². The molecule has 0 saturated carbocycles. The molecule has 0 aliphatic heterocycles. The van der Waals surface area contributed by atoms with E-state index in [-0.39, 0.29) is 17.6 Å². The standard InChI is InChI=1S/C17H18ClN7O3S/c1-10-3-5-12(28-10)8-20-22-16-23-24-17(25(16)19)29-9-15(26)21-13-7-11(18)4-6-14(13)27-2/h3-8H,9,19H2,1-2H3,(H,21,26)(H,22,23)/b20-8+. The molecule has 0 unspecified atom stereocenters. The van der Waals surface area contributed by atoms with E-state index in [4.69, 9.17) is 26.6 Å². The van der Waals surface area contributed by atoms with Crippen LogP contribution in [-0.2, 0) is 4.79 Å². The largest absolute Gasteiger partial charge is 0.495 e. The van der Waals surface area contributed by atoms with Crippen molar-refractivity contribution in [3.8, 4) is 5.75 Å². The second-order valence-corrected chi connectivity index (χ2v) is 7.05. The maximum Gasteiger partial charge on any atom is 0.264 e. The fourth-order valence-corrected chi connectivity index (χ4v) is 3.05. The number of methoxy groups -OCH3 is 1. The molecule has 0 bridgehead atoms. The molecular formula is C17H18ClN7O3S. The van der Waals surface area contributed by atoms with Crippen LogP contribution in [0.25, 0.3) is 0 Å². The normalized spacial score (nSPS) is 11.0. The zero-order valence-corrected chi connectivity index (χ0v) is 17.1. The van der Waals surface area contributed by atoms with Gasteiger partial charge in [-0.25, -0.2) is 10.1 Å². The Bertz CT molecular complexity index is 1030. The highest BCUT2D eigenvalue weighted by Crippen LogP contribution is 2.28. The molecule has 4 N–H and O–H groups in total. The second kappa shape index (κ2) is 9.34. The van der Waals surface area contributed by atoms with E-state index in [0.717, 1.165) is 17.5 Å². The van der Waals surface area contributed by atoms with Crippen molar-refractivity contribution in [2.24, 2.45) is 5.10 Å². The molecule has 0 atom stereocenters. The van der Waals surface area contributed by atoms with Crippen LogP contribution in [0.2, 0.25) is 5.02 Å². The van der Waals surface area contributed by atoms with Gasteiger partial charge in [-0.1, -0.05) is 23.4 Å². The summed E-state index contributed by atoms with van der Waals surface area (Å²) in [5.74, 6) is 7.79. The van der Waals surface area contributed by atoms with E-state index in [1.54, 1.807) is 24.3 Å². The SMILES string of the molecule is COc1ccc(Cl)cc1NC(=O)CSc1nnc(N/N=C/c2ccc(C)o2)n1N. The lowest BCUT2D eigenvalue weighted by molar-refractivity contribution is -0.113. The average Bonchev–Trinajstić information content (AvgIpc) is 3.26. The van der Waals surface area contributed by atoms with Crippen molar-refractivity contribution >= 4 is 47.1 Å². The molecule has 12 heteroatoms. The van der Waals surface area contributed by atoms with Crippen molar-refractivity contribution in [2.45, 2.75) is 12.1 Å². The van der Waals surface area contributed by atoms with Gasteiger partial charge in [0.15, 0.2) is 0 Å². The summed E-state index contributed by atoms with van der Waals surface area (Å²) < 4.78 is 11.8. The van der Waals surface area contributed by atoms with Gasteiger partial charge in [-0.3, -0.25) is 4.79 Å². The Labute approximate surface area is 175 Å². The van der Waals surface area contributed by atoms with Gasteiger partial charge in [0, 0.05) is 5.02 Å². The third kappa shape index (κ3) is 5.42. The molecule has 3 aromatic rings. The monoisotopic (exact) mass is 435 g/mol. The highest BCUT2D eigenvalue weighted by molar-refractivity contribution is 7.99. The number of hydrazone groups is 1. The molecule has 0 fully saturated rings. The number of carbonyl (C=O) groups is 1. The fourth-order valence-electron chi connectivity index (χ4n) is 2.22. The van der Waals surface area contributed by atoms with E-state index < -0.39 is 0 Å². The van der Waals surface area contributed by atoms with Crippen LogP contribution < -0.4 is 21.3 Å². The minimum absolute atomic E-state index is 0.0555. The van der Waals surface area contributed by atoms with Crippen LogP contribution in [0.1, 0.15) is 11.5 Å². The number of nitrogen functional groups attached to an aromatic ring is 1. The molecule has 10 nitrogen and oxygen atoms in total. The van der Waals surface area contributed by atoms with Gasteiger partial charge in [-0.2, -0.15) is 5.10 Å². The Balaban J connectivity index is 1.55. The summed E-state index contributed by atoms with van der Waals surface area (Å²) in [7, 11) is 1.51. The molecule has 0 spiro atoms. The van der Waals surface area contributed by atoms with E-state index >= 15 is 0 Å². The summed E-state index contributed by atoms with van der Waals surface area (Å²) >= 11 is 7.08. The first-order chi connectivity index (χ1) is 14.0. The van der Waals surface area contributed by atoms with E-state index in [2.05, 4.69) is 26.0 Å². The number of nitrogens with zero attached hydrogens (tertiary/aromatic N) is 4. The lowest BCUT2D eigenvalue weighted by atomic mass is 10.3. The molecule has 1 aromatic carbocycles. The number of halogens is 1. The average molecular weight is 436 g/mol. The van der Waals surface area contributed by atoms with Gasteiger partial charge in [-0.05, 0) is 37.3 Å². The van der Waals surface area contributed by atoms with Crippen molar-refractivity contribution < 1.29 is 13.9 Å². The Hall–Kier alpha value is -3.18. The van der Waals surface area contributed by atoms with Crippen LogP contribution in [0.3, 0.4) is 0 Å². The molecule has 0 aliphatic carbocycles. The lowest BCUT2D eigenvalue weighted by Crippen LogP contribution is -2.17. The van der Waals surface area contributed by atoms with E-state index in [1.807, 2.05) is 13.0 Å². The molecule has 0 saturated heterocycles. The van der Waals surface area contributed by atoms with Crippen LogP contribution in [0, 0.1) is 6.92 Å². The minimum Gasteiger partial charge on any atom is -0.495 e. The molecule has 29 heavy (non-hydrogen) atoms. The summed E-state index contributed by atoms with van der Waals surface area (Å²) in [6.45, 7) is 1.84. The number of nitrogens with one attached hydrogen (secondary N) is 2. The lowest BCUT2D eigenvalue weighted by Gasteiger charge is -2.10. The molecule has 0 radical (unpaired) electrons. The zero-order chi connectivity index (χ0) is 20.8. The van der Waals surface area contributed by atoms with E-state index in [9.17, 15) is 4.79 Å². The van der Waals surface area contributed by atoms with Crippen LogP contribution in [0.5, 0.6) is 5.75 Å². The summed E-state index contributed by atoms with van der Waals surface area (Å²) in [6.07, 6.45) is 1.49. The number of anilines is 2. The number of rotatable bonds is 8. The summed E-state index contributed by atoms with van der Waals surface area (Å²) in [5, 5.41) is 15.4. The van der Waals surface area contributed by atoms with Gasteiger partial charge in [0.2, 0.25) is 11.1 Å². The third-order valence-electron chi connectivity index (χ3n) is 3.55. The quantitative estimate of drug-likeness (QED) is 0.213. The van der Waals surface area contributed by atoms with E-state index in [0.29, 0.717) is 27.4 Å². The fraction of sp³-hybridized carbons (Fsp3) is 0.176. The van der Waals surface area contributed by atoms with Crippen molar-refractivity contribution in [3.05, 3.63) is 46.9 Å². The number of hydrogen-bond acceptors (Lipinski definition) is 9. The smallest absolute Gasteiger partial charge is 0.264 e. The van der Waals surface area contributed by atoms with Gasteiger partial charge < -0.3 is 20.3 Å². The van der Waals surface area contributed by atoms with Crippen molar-refractivity contribution in [3.63, 3.8) is 0 Å². The first kappa shape index (κ1) is 20.6. The predicted molar refractivity (Wildman–Crippen MR) is 112 cm³/mol. The topological polar surface area (TPSA) is 133 Å². The Kier molecular flexibility index (Phi) is 6.62. The van der Waals surface area contributed by atoms with E-state index in [1.165, 1.54) is 18.0 Å². The number of amides is 1. The number of ether oxygens (including phenoxy) is 1. The summed E-state index contributed by atoms with van der Waals surface area (Å²) in [5.41, 5.74) is 3.15. The second-order valence-electron chi connectivity index (χ2n) is 5.68. The van der Waals surface area contributed by atoms with Crippen LogP contribution in [0.15, 0.2) is 45.0 Å². The molecule has 152 valence electrons. The Morgan fingerprint density at radius 2 is 2.24 bits per heavy atom. The molecule has 3 rings (SSSR count). The number of nitrogens with two attached hydrogens (primary N) is 1. The molecular weight excluding hydrogens is 418 g/mol. The highest BCUT2D eigenvalue weighted by atomic mass is 35.5. The van der Waals surface area contributed by atoms with Crippen molar-refractivity contribution in [1.29, 1.82) is 0 Å². The van der Waals surface area contributed by atoms with Gasteiger partial charge >= 0.3 is 0 Å². The predicted octanol–water partition coefficient (Wildman–Crippen LogP) is 2.73. The van der Waals surface area contributed by atoms with Gasteiger partial charge in [-0.15, -0.1) is 10.2 Å². The number of furan rings is 1. The maximum atomic E-state index is 12.2. The van der Waals surface area contributed by atoms with Gasteiger partial charge in [0.1, 0.15) is 17.3 Å². The zero-order valence-electron chi connectivity index (χ0n) is 15.5. The highest BCUT2D eigenvalue weighted by Gasteiger charge is 2.13. The molecule has 2 heterocycles.